The molecule has 1 heterocycles. The molecule has 0 aliphatic carbocycles. The monoisotopic (exact) mass is 168 g/mol. The zero-order chi connectivity index (χ0) is 8.97. The fourth-order valence-electron chi connectivity index (χ4n) is 0.729. The van der Waals surface area contributed by atoms with Crippen molar-refractivity contribution in [3.05, 3.63) is 12.3 Å². The number of rotatable bonds is 3. The standard InChI is InChI=1S/C7H12N4O/c1-5(8)10-7-9-4-3-6(11-7)12-2/h3-5H,8H2,1-2H3,(H,9,10,11). The van der Waals surface area contributed by atoms with Crippen LogP contribution in [-0.2, 0) is 0 Å². The van der Waals surface area contributed by atoms with Gasteiger partial charge in [-0.15, -0.1) is 0 Å². The maximum atomic E-state index is 5.48. The molecule has 12 heavy (non-hydrogen) atoms. The summed E-state index contributed by atoms with van der Waals surface area (Å²) in [6.07, 6.45) is 1.44. The van der Waals surface area contributed by atoms with E-state index in [1.165, 1.54) is 0 Å². The van der Waals surface area contributed by atoms with Crippen LogP contribution in [0.5, 0.6) is 5.88 Å². The van der Waals surface area contributed by atoms with Crippen LogP contribution in [0.3, 0.4) is 0 Å². The van der Waals surface area contributed by atoms with Gasteiger partial charge in [-0.25, -0.2) is 4.98 Å². The van der Waals surface area contributed by atoms with Crippen LogP contribution in [0, 0.1) is 0 Å². The molecular weight excluding hydrogens is 156 g/mol. The lowest BCUT2D eigenvalue weighted by Crippen LogP contribution is -2.26. The summed E-state index contributed by atoms with van der Waals surface area (Å²) >= 11 is 0. The summed E-state index contributed by atoms with van der Waals surface area (Å²) in [7, 11) is 1.55. The predicted octanol–water partition coefficient (Wildman–Crippen LogP) is 0.202. The highest BCUT2D eigenvalue weighted by Gasteiger charge is 1.99. The van der Waals surface area contributed by atoms with E-state index in [-0.39, 0.29) is 6.17 Å². The van der Waals surface area contributed by atoms with Gasteiger partial charge in [-0.1, -0.05) is 0 Å². The molecule has 3 N–H and O–H groups in total. The SMILES string of the molecule is COc1ccnc(NC(C)N)n1. The number of methoxy groups -OCH3 is 1. The van der Waals surface area contributed by atoms with Crippen LogP contribution in [0.4, 0.5) is 5.95 Å². The molecule has 0 aliphatic rings. The minimum Gasteiger partial charge on any atom is -0.481 e. The van der Waals surface area contributed by atoms with Gasteiger partial charge in [0.1, 0.15) is 0 Å². The van der Waals surface area contributed by atoms with Crippen LogP contribution in [0.1, 0.15) is 6.92 Å². The quantitative estimate of drug-likeness (QED) is 0.631. The smallest absolute Gasteiger partial charge is 0.227 e. The Kier molecular flexibility index (Phi) is 2.82. The third kappa shape index (κ3) is 2.35. The van der Waals surface area contributed by atoms with Gasteiger partial charge in [-0.05, 0) is 6.92 Å². The van der Waals surface area contributed by atoms with E-state index >= 15 is 0 Å². The van der Waals surface area contributed by atoms with Gasteiger partial charge in [-0.3, -0.25) is 0 Å². The normalized spacial score (nSPS) is 12.2. The fraction of sp³-hybridized carbons (Fsp3) is 0.429. The molecule has 66 valence electrons. The number of hydrogen-bond acceptors (Lipinski definition) is 5. The second-order valence-electron chi connectivity index (χ2n) is 2.36. The Balaban J connectivity index is 2.72. The largest absolute Gasteiger partial charge is 0.481 e. The topological polar surface area (TPSA) is 73.1 Å². The molecule has 5 nitrogen and oxygen atoms in total. The number of hydrogen-bond donors (Lipinski definition) is 2. The maximum absolute atomic E-state index is 5.48. The minimum absolute atomic E-state index is 0.169. The summed E-state index contributed by atoms with van der Waals surface area (Å²) in [4.78, 5) is 7.95. The van der Waals surface area contributed by atoms with Crippen molar-refractivity contribution in [2.24, 2.45) is 5.73 Å². The summed E-state index contributed by atoms with van der Waals surface area (Å²) in [6, 6.07) is 1.67. The van der Waals surface area contributed by atoms with Gasteiger partial charge in [-0.2, -0.15) is 4.98 Å². The van der Waals surface area contributed by atoms with E-state index in [4.69, 9.17) is 10.5 Å². The number of ether oxygens (including phenoxy) is 1. The number of nitrogens with one attached hydrogen (secondary N) is 1. The highest BCUT2D eigenvalue weighted by Crippen LogP contribution is 2.06. The van der Waals surface area contributed by atoms with Gasteiger partial charge in [0.15, 0.2) is 0 Å². The Labute approximate surface area is 71.0 Å². The molecule has 1 atom stereocenters. The van der Waals surface area contributed by atoms with Crippen molar-refractivity contribution < 1.29 is 4.74 Å². The van der Waals surface area contributed by atoms with E-state index in [0.717, 1.165) is 0 Å². The third-order valence-corrected chi connectivity index (χ3v) is 1.20. The van der Waals surface area contributed by atoms with Gasteiger partial charge < -0.3 is 15.8 Å². The van der Waals surface area contributed by atoms with Crippen molar-refractivity contribution >= 4 is 5.95 Å². The van der Waals surface area contributed by atoms with E-state index in [1.54, 1.807) is 19.4 Å². The Morgan fingerprint density at radius 2 is 2.42 bits per heavy atom. The first-order chi connectivity index (χ1) is 5.72. The summed E-state index contributed by atoms with van der Waals surface area (Å²) in [5, 5.41) is 2.86. The predicted molar refractivity (Wildman–Crippen MR) is 45.9 cm³/mol. The number of nitrogens with two attached hydrogens (primary N) is 1. The number of nitrogens with zero attached hydrogens (tertiary/aromatic N) is 2. The molecule has 0 bridgehead atoms. The van der Waals surface area contributed by atoms with Crippen LogP contribution >= 0.6 is 0 Å². The Hall–Kier alpha value is -1.36. The van der Waals surface area contributed by atoms with Crippen molar-refractivity contribution in [3.8, 4) is 5.88 Å². The first kappa shape index (κ1) is 8.73. The van der Waals surface area contributed by atoms with Crippen molar-refractivity contribution in [1.82, 2.24) is 9.97 Å². The van der Waals surface area contributed by atoms with Crippen LogP contribution in [0.25, 0.3) is 0 Å². The molecule has 0 radical (unpaired) electrons. The maximum Gasteiger partial charge on any atom is 0.227 e. The van der Waals surface area contributed by atoms with Gasteiger partial charge in [0.2, 0.25) is 11.8 Å². The Morgan fingerprint density at radius 3 is 3.00 bits per heavy atom. The zero-order valence-electron chi connectivity index (χ0n) is 7.11. The Morgan fingerprint density at radius 1 is 1.67 bits per heavy atom. The van der Waals surface area contributed by atoms with Gasteiger partial charge in [0.05, 0.1) is 13.3 Å². The van der Waals surface area contributed by atoms with E-state index in [9.17, 15) is 0 Å². The molecule has 1 aromatic heterocycles. The molecule has 0 saturated heterocycles. The number of aromatic nitrogens is 2. The number of anilines is 1. The van der Waals surface area contributed by atoms with E-state index in [0.29, 0.717) is 11.8 Å². The van der Waals surface area contributed by atoms with Gasteiger partial charge >= 0.3 is 0 Å². The molecule has 0 amide bonds. The van der Waals surface area contributed by atoms with Gasteiger partial charge in [0, 0.05) is 12.3 Å². The zero-order valence-corrected chi connectivity index (χ0v) is 7.11. The van der Waals surface area contributed by atoms with E-state index < -0.39 is 0 Å². The summed E-state index contributed by atoms with van der Waals surface area (Å²) < 4.78 is 4.90. The third-order valence-electron chi connectivity index (χ3n) is 1.20. The molecule has 0 aliphatic heterocycles. The van der Waals surface area contributed by atoms with Crippen LogP contribution < -0.4 is 15.8 Å². The summed E-state index contributed by atoms with van der Waals surface area (Å²) in [5.74, 6) is 0.998. The van der Waals surface area contributed by atoms with Crippen molar-refractivity contribution in [2.75, 3.05) is 12.4 Å². The molecule has 1 rings (SSSR count). The minimum atomic E-state index is -0.169. The van der Waals surface area contributed by atoms with Gasteiger partial charge in [0.25, 0.3) is 0 Å². The average molecular weight is 168 g/mol. The van der Waals surface area contributed by atoms with E-state index in [1.807, 2.05) is 6.92 Å². The lowest BCUT2D eigenvalue weighted by molar-refractivity contribution is 0.397. The highest BCUT2D eigenvalue weighted by atomic mass is 16.5. The molecule has 1 aromatic rings. The van der Waals surface area contributed by atoms with Crippen LogP contribution in [0.2, 0.25) is 0 Å². The van der Waals surface area contributed by atoms with Crippen LogP contribution in [0.15, 0.2) is 12.3 Å². The Bertz CT molecular complexity index is 251. The lowest BCUT2D eigenvalue weighted by atomic mass is 10.6. The van der Waals surface area contributed by atoms with Crippen molar-refractivity contribution in [1.29, 1.82) is 0 Å². The first-order valence-corrected chi connectivity index (χ1v) is 3.61. The van der Waals surface area contributed by atoms with Crippen molar-refractivity contribution in [3.63, 3.8) is 0 Å². The molecule has 0 spiro atoms. The average Bonchev–Trinajstić information content (AvgIpc) is 2.03. The summed E-state index contributed by atoms with van der Waals surface area (Å²) in [6.45, 7) is 1.81. The molecule has 0 fully saturated rings. The fourth-order valence-corrected chi connectivity index (χ4v) is 0.729. The molecule has 0 saturated carbocycles. The lowest BCUT2D eigenvalue weighted by Gasteiger charge is -2.07. The molecule has 5 heteroatoms. The van der Waals surface area contributed by atoms with Crippen LogP contribution in [-0.4, -0.2) is 23.2 Å². The van der Waals surface area contributed by atoms with Crippen molar-refractivity contribution in [2.45, 2.75) is 13.1 Å². The first-order valence-electron chi connectivity index (χ1n) is 3.61. The highest BCUT2D eigenvalue weighted by molar-refractivity contribution is 5.27. The molecular formula is C7H12N4O. The second-order valence-corrected chi connectivity index (χ2v) is 2.36. The molecule has 0 aromatic carbocycles. The molecule has 1 unspecified atom stereocenters. The summed E-state index contributed by atoms with van der Waals surface area (Å²) in [5.41, 5.74) is 5.48. The van der Waals surface area contributed by atoms with E-state index in [2.05, 4.69) is 15.3 Å². The second kappa shape index (κ2) is 3.87.